The average Bonchev–Trinajstić information content (AvgIpc) is 2.33. The molecule has 0 saturated carbocycles. The largest absolute Gasteiger partial charge is 0.324 e. The van der Waals surface area contributed by atoms with Crippen LogP contribution in [0.15, 0.2) is 36.4 Å². The van der Waals surface area contributed by atoms with E-state index in [-0.39, 0.29) is 11.9 Å². The Morgan fingerprint density at radius 1 is 1.11 bits per heavy atom. The van der Waals surface area contributed by atoms with Gasteiger partial charge in [0.1, 0.15) is 5.82 Å². The lowest BCUT2D eigenvalue weighted by molar-refractivity contribution is 0.593. The molecule has 2 rings (SSSR count). The molecule has 0 amide bonds. The SMILES string of the molecule is Cc1cc(Cl)ccc1C(N)Cc1cc(Cl)ccc1F. The minimum absolute atomic E-state index is 0.286. The number of rotatable bonds is 3. The van der Waals surface area contributed by atoms with Gasteiger partial charge in [0, 0.05) is 16.1 Å². The van der Waals surface area contributed by atoms with Crippen molar-refractivity contribution in [2.24, 2.45) is 5.73 Å². The molecule has 0 fully saturated rings. The molecule has 0 aliphatic rings. The molecule has 4 heteroatoms. The second-order valence-electron chi connectivity index (χ2n) is 4.55. The van der Waals surface area contributed by atoms with Gasteiger partial charge >= 0.3 is 0 Å². The summed E-state index contributed by atoms with van der Waals surface area (Å²) in [5.74, 6) is -0.286. The van der Waals surface area contributed by atoms with Crippen LogP contribution >= 0.6 is 23.2 Å². The number of nitrogens with two attached hydrogens (primary N) is 1. The predicted octanol–water partition coefficient (Wildman–Crippen LogP) is 4.68. The normalized spacial score (nSPS) is 12.5. The lowest BCUT2D eigenvalue weighted by Gasteiger charge is -2.15. The van der Waals surface area contributed by atoms with E-state index in [9.17, 15) is 4.39 Å². The van der Waals surface area contributed by atoms with E-state index in [1.54, 1.807) is 12.1 Å². The molecule has 1 atom stereocenters. The van der Waals surface area contributed by atoms with E-state index >= 15 is 0 Å². The van der Waals surface area contributed by atoms with Gasteiger partial charge in [-0.25, -0.2) is 4.39 Å². The van der Waals surface area contributed by atoms with Crippen molar-refractivity contribution in [1.82, 2.24) is 0 Å². The third-order valence-corrected chi connectivity index (χ3v) is 3.55. The van der Waals surface area contributed by atoms with Gasteiger partial charge in [0.25, 0.3) is 0 Å². The molecule has 19 heavy (non-hydrogen) atoms. The van der Waals surface area contributed by atoms with Gasteiger partial charge in [0.2, 0.25) is 0 Å². The maximum Gasteiger partial charge on any atom is 0.126 e. The predicted molar refractivity (Wildman–Crippen MR) is 78.2 cm³/mol. The fraction of sp³-hybridized carbons (Fsp3) is 0.200. The van der Waals surface area contributed by atoms with Crippen molar-refractivity contribution in [3.8, 4) is 0 Å². The van der Waals surface area contributed by atoms with Crippen LogP contribution in [0.5, 0.6) is 0 Å². The average molecular weight is 298 g/mol. The number of halogens is 3. The molecule has 1 unspecified atom stereocenters. The molecular weight excluding hydrogens is 284 g/mol. The van der Waals surface area contributed by atoms with Crippen LogP contribution < -0.4 is 5.73 Å². The van der Waals surface area contributed by atoms with Crippen molar-refractivity contribution in [1.29, 1.82) is 0 Å². The highest BCUT2D eigenvalue weighted by molar-refractivity contribution is 6.30. The Bertz CT molecular complexity index is 599. The Morgan fingerprint density at radius 2 is 1.74 bits per heavy atom. The van der Waals surface area contributed by atoms with Gasteiger partial charge in [-0.2, -0.15) is 0 Å². The Labute approximate surface area is 122 Å². The maximum atomic E-state index is 13.7. The van der Waals surface area contributed by atoms with E-state index in [1.165, 1.54) is 12.1 Å². The van der Waals surface area contributed by atoms with Crippen LogP contribution in [-0.4, -0.2) is 0 Å². The smallest absolute Gasteiger partial charge is 0.126 e. The first-order chi connectivity index (χ1) is 8.97. The Hall–Kier alpha value is -1.09. The quantitative estimate of drug-likeness (QED) is 0.874. The van der Waals surface area contributed by atoms with Gasteiger partial charge in [0.05, 0.1) is 0 Å². The summed E-state index contributed by atoms with van der Waals surface area (Å²) >= 11 is 11.8. The second kappa shape index (κ2) is 5.91. The van der Waals surface area contributed by atoms with Crippen LogP contribution in [0.25, 0.3) is 0 Å². The first-order valence-corrected chi connectivity index (χ1v) is 6.68. The summed E-state index contributed by atoms with van der Waals surface area (Å²) in [7, 11) is 0. The zero-order valence-corrected chi connectivity index (χ0v) is 12.0. The van der Waals surface area contributed by atoms with Crippen molar-refractivity contribution in [2.75, 3.05) is 0 Å². The molecule has 2 aromatic rings. The molecule has 0 saturated heterocycles. The number of hydrogen-bond donors (Lipinski definition) is 1. The third kappa shape index (κ3) is 3.47. The fourth-order valence-electron chi connectivity index (χ4n) is 2.10. The summed E-state index contributed by atoms with van der Waals surface area (Å²) in [6.45, 7) is 1.94. The Morgan fingerprint density at radius 3 is 2.42 bits per heavy atom. The van der Waals surface area contributed by atoms with Crippen molar-refractivity contribution in [3.63, 3.8) is 0 Å². The van der Waals surface area contributed by atoms with E-state index in [2.05, 4.69) is 0 Å². The summed E-state index contributed by atoms with van der Waals surface area (Å²) in [5.41, 5.74) is 8.63. The molecule has 0 spiro atoms. The molecule has 0 heterocycles. The highest BCUT2D eigenvalue weighted by Crippen LogP contribution is 2.25. The summed E-state index contributed by atoms with van der Waals surface area (Å²) in [6, 6.07) is 9.74. The van der Waals surface area contributed by atoms with E-state index < -0.39 is 0 Å². The minimum atomic E-state index is -0.287. The molecule has 100 valence electrons. The number of aryl methyl sites for hydroxylation is 1. The topological polar surface area (TPSA) is 26.0 Å². The standard InChI is InChI=1S/C15H14Cl2FN/c1-9-6-11(16)2-4-13(9)15(19)8-10-7-12(17)3-5-14(10)18/h2-7,15H,8,19H2,1H3. The van der Waals surface area contributed by atoms with Crippen LogP contribution in [0.2, 0.25) is 10.0 Å². The lowest BCUT2D eigenvalue weighted by atomic mass is 9.96. The van der Waals surface area contributed by atoms with Crippen molar-refractivity contribution >= 4 is 23.2 Å². The molecule has 0 aliphatic heterocycles. The van der Waals surface area contributed by atoms with Crippen LogP contribution in [-0.2, 0) is 6.42 Å². The van der Waals surface area contributed by atoms with E-state index in [0.717, 1.165) is 11.1 Å². The van der Waals surface area contributed by atoms with Gasteiger partial charge in [-0.15, -0.1) is 0 Å². The van der Waals surface area contributed by atoms with E-state index in [1.807, 2.05) is 19.1 Å². The van der Waals surface area contributed by atoms with Crippen LogP contribution in [0.3, 0.4) is 0 Å². The fourth-order valence-corrected chi connectivity index (χ4v) is 2.52. The van der Waals surface area contributed by atoms with E-state index in [0.29, 0.717) is 22.0 Å². The van der Waals surface area contributed by atoms with Crippen molar-refractivity contribution in [2.45, 2.75) is 19.4 Å². The molecule has 2 N–H and O–H groups in total. The first kappa shape index (κ1) is 14.3. The number of hydrogen-bond acceptors (Lipinski definition) is 1. The molecule has 0 aromatic heterocycles. The van der Waals surface area contributed by atoms with Crippen LogP contribution in [0, 0.1) is 12.7 Å². The van der Waals surface area contributed by atoms with Crippen molar-refractivity contribution in [3.05, 3.63) is 69.0 Å². The molecule has 0 radical (unpaired) electrons. The Balaban J connectivity index is 2.25. The second-order valence-corrected chi connectivity index (χ2v) is 5.42. The van der Waals surface area contributed by atoms with Gasteiger partial charge in [-0.05, 0) is 60.4 Å². The molecule has 2 aromatic carbocycles. The van der Waals surface area contributed by atoms with Crippen LogP contribution in [0.1, 0.15) is 22.7 Å². The summed E-state index contributed by atoms with van der Waals surface area (Å²) in [5, 5.41) is 1.18. The third-order valence-electron chi connectivity index (χ3n) is 3.08. The van der Waals surface area contributed by atoms with Gasteiger partial charge in [0.15, 0.2) is 0 Å². The summed E-state index contributed by atoms with van der Waals surface area (Å²) in [4.78, 5) is 0. The summed E-state index contributed by atoms with van der Waals surface area (Å²) < 4.78 is 13.7. The molecule has 1 nitrogen and oxygen atoms in total. The minimum Gasteiger partial charge on any atom is -0.324 e. The van der Waals surface area contributed by atoms with Crippen LogP contribution in [0.4, 0.5) is 4.39 Å². The zero-order valence-electron chi connectivity index (χ0n) is 10.5. The lowest BCUT2D eigenvalue weighted by Crippen LogP contribution is -2.15. The van der Waals surface area contributed by atoms with Gasteiger partial charge < -0.3 is 5.73 Å². The van der Waals surface area contributed by atoms with Gasteiger partial charge in [-0.1, -0.05) is 29.3 Å². The highest BCUT2D eigenvalue weighted by Gasteiger charge is 2.13. The van der Waals surface area contributed by atoms with Gasteiger partial charge in [-0.3, -0.25) is 0 Å². The Kier molecular flexibility index (Phi) is 4.46. The monoisotopic (exact) mass is 297 g/mol. The van der Waals surface area contributed by atoms with E-state index in [4.69, 9.17) is 28.9 Å². The highest BCUT2D eigenvalue weighted by atomic mass is 35.5. The van der Waals surface area contributed by atoms with Crippen molar-refractivity contribution < 1.29 is 4.39 Å². The zero-order chi connectivity index (χ0) is 14.0. The molecule has 0 bridgehead atoms. The number of benzene rings is 2. The first-order valence-electron chi connectivity index (χ1n) is 5.93. The maximum absolute atomic E-state index is 13.7. The molecular formula is C15H14Cl2FN. The molecule has 0 aliphatic carbocycles. The summed E-state index contributed by atoms with van der Waals surface area (Å²) in [6.07, 6.45) is 0.398.